The number of ether oxygens (including phenoxy) is 1. The van der Waals surface area contributed by atoms with Crippen molar-refractivity contribution < 1.29 is 28.7 Å². The number of alkyl halides is 1. The zero-order valence-electron chi connectivity index (χ0n) is 33.4. The molecule has 0 spiro atoms. The molecule has 1 aromatic heterocycles. The number of nitrogens with one attached hydrogen (secondary N) is 4. The number of anilines is 2. The van der Waals surface area contributed by atoms with E-state index in [1.807, 2.05) is 69.4 Å². The molecule has 3 aromatic carbocycles. The number of rotatable bonds is 12. The molecule has 7 rings (SSSR count). The van der Waals surface area contributed by atoms with Crippen LogP contribution in [0.25, 0.3) is 21.7 Å². The van der Waals surface area contributed by atoms with Gasteiger partial charge in [-0.05, 0) is 74.0 Å². The highest BCUT2D eigenvalue weighted by atomic mass is 79.9. The Hall–Kier alpha value is -5.19. The van der Waals surface area contributed by atoms with Gasteiger partial charge in [-0.1, -0.05) is 54.0 Å². The van der Waals surface area contributed by atoms with Crippen LogP contribution in [0.4, 0.5) is 21.0 Å². The smallest absolute Gasteiger partial charge is 0.409 e. The molecule has 6 N–H and O–H groups in total. The minimum Gasteiger partial charge on any atom is -0.409 e. The average molecular weight is 859 g/mol. The third kappa shape index (κ3) is 8.09. The lowest BCUT2D eigenvalue weighted by Gasteiger charge is -2.31. The summed E-state index contributed by atoms with van der Waals surface area (Å²) in [5, 5.41) is 11.8. The summed E-state index contributed by atoms with van der Waals surface area (Å²) in [5.74, 6) is -0.334. The molecule has 16 heteroatoms. The first-order valence-corrected chi connectivity index (χ1v) is 21.1. The van der Waals surface area contributed by atoms with E-state index in [2.05, 4.69) is 41.8 Å². The summed E-state index contributed by atoms with van der Waals surface area (Å²) in [5.41, 5.74) is 9.79. The van der Waals surface area contributed by atoms with E-state index in [1.165, 1.54) is 0 Å². The third-order valence-electron chi connectivity index (χ3n) is 11.6. The van der Waals surface area contributed by atoms with Crippen LogP contribution in [0.2, 0.25) is 0 Å². The predicted molar refractivity (Wildman–Crippen MR) is 228 cm³/mol. The van der Waals surface area contributed by atoms with Gasteiger partial charge in [-0.3, -0.25) is 14.4 Å². The molecule has 0 radical (unpaired) electrons. The first kappa shape index (κ1) is 41.0. The van der Waals surface area contributed by atoms with Gasteiger partial charge in [0.1, 0.15) is 17.5 Å². The van der Waals surface area contributed by atoms with Gasteiger partial charge >= 0.3 is 12.1 Å². The van der Waals surface area contributed by atoms with Crippen LogP contribution >= 0.6 is 15.9 Å². The maximum atomic E-state index is 14.6. The van der Waals surface area contributed by atoms with Gasteiger partial charge in [0.2, 0.25) is 11.8 Å². The van der Waals surface area contributed by atoms with E-state index >= 15 is 0 Å². The Morgan fingerprint density at radius 1 is 0.948 bits per heavy atom. The molecule has 58 heavy (non-hydrogen) atoms. The molecule has 3 atom stereocenters. The van der Waals surface area contributed by atoms with Crippen molar-refractivity contribution in [1.29, 1.82) is 0 Å². The maximum absolute atomic E-state index is 14.6. The Kier molecular flexibility index (Phi) is 12.3. The number of halogens is 1. The number of H-pyrrole nitrogens is 1. The molecule has 0 unspecified atom stereocenters. The van der Waals surface area contributed by atoms with E-state index < -0.39 is 24.2 Å². The first-order chi connectivity index (χ1) is 27.9. The quantitative estimate of drug-likeness (QED) is 0.103. The van der Waals surface area contributed by atoms with Crippen molar-refractivity contribution in [3.8, 4) is 5.75 Å². The second-order valence-electron chi connectivity index (χ2n) is 15.7. The molecular formula is C42H52BrN9O6. The lowest BCUT2D eigenvalue weighted by Crippen LogP contribution is -2.54. The molecule has 0 saturated carbocycles. The van der Waals surface area contributed by atoms with Crippen LogP contribution in [0.3, 0.4) is 0 Å². The third-order valence-corrected chi connectivity index (χ3v) is 12.4. The normalized spacial score (nSPS) is 17.7. The highest BCUT2D eigenvalue weighted by molar-refractivity contribution is 9.09. The lowest BCUT2D eigenvalue weighted by molar-refractivity contribution is -0.129. The van der Waals surface area contributed by atoms with Crippen molar-refractivity contribution in [2.24, 2.45) is 11.7 Å². The standard InChI is InChI=1S/C42H52BrN9O6/c1-24(2)37(45-3)38(53)48-31(10-7-14-46-41(44)56)39(54)51-15-13-26-29-20-32(47-30(29)11-12-33(26)51)40(55)52-23-25(22-43)36-28-9-6-5-8-27(28)35(21-34(36)52)58-42(57)50-18-16-49(4)17-19-50/h5-6,8-9,11-12,20-21,24-25,31,37,45,47H,7,10,13-19,22-23H2,1-4H3,(H,48,53)(H3,44,46,56)/t25-,31+,37+/m1/s1. The number of piperazine rings is 1. The zero-order chi connectivity index (χ0) is 41.2. The second-order valence-corrected chi connectivity index (χ2v) is 16.4. The number of likely N-dealkylation sites (N-methyl/N-ethyl adjacent to an activating group) is 2. The Bertz CT molecular complexity index is 2240. The maximum Gasteiger partial charge on any atom is 0.415 e. The monoisotopic (exact) mass is 857 g/mol. The van der Waals surface area contributed by atoms with Crippen molar-refractivity contribution in [2.75, 3.05) is 75.0 Å². The highest BCUT2D eigenvalue weighted by Crippen LogP contribution is 2.46. The van der Waals surface area contributed by atoms with Gasteiger partial charge in [0, 0.05) is 85.1 Å². The fourth-order valence-corrected chi connectivity index (χ4v) is 9.09. The topological polar surface area (TPSA) is 185 Å². The number of hydrogen-bond acceptors (Lipinski definition) is 8. The Balaban J connectivity index is 1.16. The summed E-state index contributed by atoms with van der Waals surface area (Å²) in [7, 11) is 3.74. The summed E-state index contributed by atoms with van der Waals surface area (Å²) >= 11 is 3.70. The number of carbonyl (C=O) groups excluding carboxylic acids is 5. The number of aromatic nitrogens is 1. The number of benzene rings is 3. The number of fused-ring (bicyclic) bond motifs is 6. The highest BCUT2D eigenvalue weighted by Gasteiger charge is 2.38. The zero-order valence-corrected chi connectivity index (χ0v) is 35.0. The summed E-state index contributed by atoms with van der Waals surface area (Å²) in [4.78, 5) is 77.5. The molecule has 4 aromatic rings. The van der Waals surface area contributed by atoms with E-state index in [0.717, 1.165) is 51.6 Å². The molecule has 15 nitrogen and oxygen atoms in total. The van der Waals surface area contributed by atoms with Gasteiger partial charge in [0.05, 0.1) is 11.7 Å². The Labute approximate surface area is 346 Å². The lowest BCUT2D eigenvalue weighted by atomic mass is 9.95. The van der Waals surface area contributed by atoms with Gasteiger partial charge in [0.25, 0.3) is 5.91 Å². The molecule has 1 fully saturated rings. The van der Waals surface area contributed by atoms with Crippen LogP contribution in [0.1, 0.15) is 54.2 Å². The van der Waals surface area contributed by atoms with E-state index in [0.29, 0.717) is 67.9 Å². The number of nitrogens with two attached hydrogens (primary N) is 1. The molecule has 0 bridgehead atoms. The number of primary amides is 1. The minimum atomic E-state index is -0.832. The Morgan fingerprint density at radius 3 is 2.38 bits per heavy atom. The van der Waals surface area contributed by atoms with Crippen molar-refractivity contribution in [3.63, 3.8) is 0 Å². The van der Waals surface area contributed by atoms with Gasteiger partial charge in [0.15, 0.2) is 0 Å². The average Bonchev–Trinajstić information content (AvgIpc) is 3.94. The van der Waals surface area contributed by atoms with E-state index in [-0.39, 0.29) is 36.1 Å². The summed E-state index contributed by atoms with van der Waals surface area (Å²) < 4.78 is 6.09. The fourth-order valence-electron chi connectivity index (χ4n) is 8.56. The number of aromatic amines is 1. The molecule has 1 saturated heterocycles. The van der Waals surface area contributed by atoms with Crippen molar-refractivity contribution in [3.05, 3.63) is 65.4 Å². The summed E-state index contributed by atoms with van der Waals surface area (Å²) in [6, 6.07) is 13.3. The molecular weight excluding hydrogens is 806 g/mol. The van der Waals surface area contributed by atoms with E-state index in [4.69, 9.17) is 10.5 Å². The number of hydrogen-bond donors (Lipinski definition) is 5. The van der Waals surface area contributed by atoms with Gasteiger partial charge in [-0.15, -0.1) is 0 Å². The van der Waals surface area contributed by atoms with E-state index in [9.17, 15) is 24.0 Å². The first-order valence-electron chi connectivity index (χ1n) is 20.0. The van der Waals surface area contributed by atoms with Gasteiger partial charge in [-0.25, -0.2) is 9.59 Å². The van der Waals surface area contributed by atoms with Crippen molar-refractivity contribution in [2.45, 2.75) is 51.1 Å². The Morgan fingerprint density at radius 2 is 1.69 bits per heavy atom. The molecule has 4 heterocycles. The molecule has 0 aliphatic carbocycles. The summed E-state index contributed by atoms with van der Waals surface area (Å²) in [6.45, 7) is 7.66. The van der Waals surface area contributed by atoms with Gasteiger partial charge in [-0.2, -0.15) is 0 Å². The number of urea groups is 1. The summed E-state index contributed by atoms with van der Waals surface area (Å²) in [6.07, 6.45) is 0.884. The predicted octanol–water partition coefficient (Wildman–Crippen LogP) is 4.27. The van der Waals surface area contributed by atoms with Crippen LogP contribution in [-0.2, 0) is 16.0 Å². The fraction of sp³-hybridized carbons (Fsp3) is 0.452. The van der Waals surface area contributed by atoms with Crippen LogP contribution < -0.4 is 36.2 Å². The molecule has 3 aliphatic heterocycles. The largest absolute Gasteiger partial charge is 0.415 e. The van der Waals surface area contributed by atoms with Crippen LogP contribution in [0.5, 0.6) is 5.75 Å². The number of nitrogens with zero attached hydrogens (tertiary/aromatic N) is 4. The van der Waals surface area contributed by atoms with E-state index in [1.54, 1.807) is 21.7 Å². The van der Waals surface area contributed by atoms with Crippen LogP contribution in [0, 0.1) is 5.92 Å². The SMILES string of the molecule is CN[C@H](C(=O)N[C@@H](CCCNC(N)=O)C(=O)N1CCc2c1ccc1[nH]c(C(=O)N3C[C@@H](CBr)c4c3cc(OC(=O)N3CCN(C)CC3)c3ccccc43)cc21)C(C)C. The van der Waals surface area contributed by atoms with Crippen LogP contribution in [0.15, 0.2) is 48.5 Å². The minimum absolute atomic E-state index is 0.00312. The molecule has 3 aliphatic rings. The van der Waals surface area contributed by atoms with Gasteiger partial charge < -0.3 is 51.0 Å². The number of carbonyl (C=O) groups is 5. The number of amides is 6. The van der Waals surface area contributed by atoms with Crippen LogP contribution in [-0.4, -0.2) is 122 Å². The second kappa shape index (κ2) is 17.3. The van der Waals surface area contributed by atoms with Crippen molar-refractivity contribution >= 4 is 78.8 Å². The van der Waals surface area contributed by atoms with Crippen molar-refractivity contribution in [1.82, 2.24) is 30.7 Å². The molecule has 6 amide bonds. The molecule has 308 valence electrons.